The van der Waals surface area contributed by atoms with Gasteiger partial charge < -0.3 is 14.8 Å². The molecule has 5 nitrogen and oxygen atoms in total. The number of benzene rings is 1. The maximum Gasteiger partial charge on any atom is 0.234 e. The lowest BCUT2D eigenvalue weighted by Crippen LogP contribution is -2.40. The fraction of sp³-hybridized carbons (Fsp3) is 0.450. The van der Waals surface area contributed by atoms with Crippen molar-refractivity contribution in [2.24, 2.45) is 0 Å². The van der Waals surface area contributed by atoms with Gasteiger partial charge >= 0.3 is 0 Å². The number of fused-ring (bicyclic) bond motifs is 1. The summed E-state index contributed by atoms with van der Waals surface area (Å²) in [6.45, 7) is 4.58. The smallest absolute Gasteiger partial charge is 0.234 e. The van der Waals surface area contributed by atoms with Gasteiger partial charge in [0.15, 0.2) is 0 Å². The number of carbonyl (C=O) groups is 1. The molecular formula is C20H26N2O3S. The van der Waals surface area contributed by atoms with E-state index >= 15 is 0 Å². The Bertz CT molecular complexity index is 718. The average Bonchev–Trinajstić information content (AvgIpc) is 3.09. The molecule has 1 amide bonds. The Kier molecular flexibility index (Phi) is 6.52. The van der Waals surface area contributed by atoms with Gasteiger partial charge in [0, 0.05) is 30.1 Å². The monoisotopic (exact) mass is 374 g/mol. The maximum absolute atomic E-state index is 12.4. The molecule has 1 aromatic carbocycles. The zero-order chi connectivity index (χ0) is 18.4. The largest absolute Gasteiger partial charge is 0.497 e. The van der Waals surface area contributed by atoms with Crippen LogP contribution in [0.25, 0.3) is 0 Å². The number of carbonyl (C=O) groups excluding carboxylic acids is 1. The fourth-order valence-corrected chi connectivity index (χ4v) is 3.81. The van der Waals surface area contributed by atoms with Gasteiger partial charge in [-0.1, -0.05) is 13.0 Å². The average molecular weight is 375 g/mol. The first kappa shape index (κ1) is 18.7. The van der Waals surface area contributed by atoms with E-state index in [4.69, 9.17) is 9.47 Å². The van der Waals surface area contributed by atoms with E-state index in [1.165, 1.54) is 4.88 Å². The van der Waals surface area contributed by atoms with Crippen molar-refractivity contribution >= 4 is 17.2 Å². The predicted octanol–water partition coefficient (Wildman–Crippen LogP) is 3.09. The van der Waals surface area contributed by atoms with Crippen LogP contribution < -0.4 is 14.8 Å². The van der Waals surface area contributed by atoms with E-state index in [-0.39, 0.29) is 12.0 Å². The van der Waals surface area contributed by atoms with Crippen LogP contribution in [0.1, 0.15) is 23.8 Å². The number of ether oxygens (including phenoxy) is 2. The van der Waals surface area contributed by atoms with E-state index in [2.05, 4.69) is 28.6 Å². The first-order chi connectivity index (χ1) is 12.7. The van der Waals surface area contributed by atoms with E-state index in [0.29, 0.717) is 19.6 Å². The number of nitrogens with zero attached hydrogens (tertiary/aromatic N) is 1. The van der Waals surface area contributed by atoms with Crippen LogP contribution in [-0.2, 0) is 17.8 Å². The molecule has 3 rings (SSSR count). The number of amides is 1. The lowest BCUT2D eigenvalue weighted by molar-refractivity contribution is -0.122. The molecule has 0 saturated heterocycles. The lowest BCUT2D eigenvalue weighted by atomic mass is 10.2. The second kappa shape index (κ2) is 9.05. The molecule has 6 heteroatoms. The van der Waals surface area contributed by atoms with Gasteiger partial charge in [-0.25, -0.2) is 0 Å². The summed E-state index contributed by atoms with van der Waals surface area (Å²) in [6.07, 6.45) is 1.87. The normalized spacial score (nSPS) is 17.1. The van der Waals surface area contributed by atoms with E-state index in [0.717, 1.165) is 36.4 Å². The van der Waals surface area contributed by atoms with Gasteiger partial charge in [0.2, 0.25) is 5.91 Å². The van der Waals surface area contributed by atoms with E-state index < -0.39 is 0 Å². The first-order valence-corrected chi connectivity index (χ1v) is 9.91. The minimum absolute atomic E-state index is 0.0581. The summed E-state index contributed by atoms with van der Waals surface area (Å²) in [5.41, 5.74) is 1.06. The molecule has 1 atom stereocenters. The Morgan fingerprint density at radius 1 is 1.42 bits per heavy atom. The van der Waals surface area contributed by atoms with Crippen molar-refractivity contribution in [3.8, 4) is 11.5 Å². The molecule has 140 valence electrons. The topological polar surface area (TPSA) is 50.8 Å². The molecule has 1 unspecified atom stereocenters. The van der Waals surface area contributed by atoms with Crippen molar-refractivity contribution < 1.29 is 14.3 Å². The molecule has 2 aromatic rings. The molecule has 1 aromatic heterocycles. The maximum atomic E-state index is 12.4. The number of thiophene rings is 1. The Morgan fingerprint density at radius 3 is 3.04 bits per heavy atom. The van der Waals surface area contributed by atoms with Gasteiger partial charge in [0.05, 0.1) is 13.7 Å². The van der Waals surface area contributed by atoms with Crippen LogP contribution >= 0.6 is 11.3 Å². The molecule has 1 aliphatic heterocycles. The molecule has 0 spiro atoms. The summed E-state index contributed by atoms with van der Waals surface area (Å²) in [5, 5.41) is 5.09. The highest BCUT2D eigenvalue weighted by molar-refractivity contribution is 7.09. The molecule has 1 aliphatic rings. The molecule has 0 fully saturated rings. The van der Waals surface area contributed by atoms with Gasteiger partial charge in [-0.3, -0.25) is 9.69 Å². The summed E-state index contributed by atoms with van der Waals surface area (Å²) in [7, 11) is 1.66. The lowest BCUT2D eigenvalue weighted by Gasteiger charge is -2.22. The molecule has 0 saturated carbocycles. The summed E-state index contributed by atoms with van der Waals surface area (Å²) in [6, 6.07) is 10.0. The SMILES string of the molecule is CCC1CN(CC(=O)NCCc2cccs2)Cc2cc(OC)ccc2O1. The zero-order valence-electron chi connectivity index (χ0n) is 15.4. The van der Waals surface area contributed by atoms with E-state index in [1.54, 1.807) is 18.4 Å². The molecule has 2 heterocycles. The van der Waals surface area contributed by atoms with Crippen molar-refractivity contribution in [1.29, 1.82) is 0 Å². The summed E-state index contributed by atoms with van der Waals surface area (Å²) < 4.78 is 11.4. The van der Waals surface area contributed by atoms with Crippen LogP contribution in [-0.4, -0.2) is 43.7 Å². The zero-order valence-corrected chi connectivity index (χ0v) is 16.2. The number of rotatable bonds is 7. The minimum atomic E-state index is 0.0581. The Hall–Kier alpha value is -2.05. The van der Waals surface area contributed by atoms with Crippen molar-refractivity contribution in [2.45, 2.75) is 32.4 Å². The molecule has 1 N–H and O–H groups in total. The van der Waals surface area contributed by atoms with Gasteiger partial charge in [-0.2, -0.15) is 0 Å². The summed E-state index contributed by atoms with van der Waals surface area (Å²) >= 11 is 1.72. The van der Waals surface area contributed by atoms with Gasteiger partial charge in [0.1, 0.15) is 17.6 Å². The molecule has 0 aliphatic carbocycles. The third-order valence-corrected chi connectivity index (χ3v) is 5.45. The summed E-state index contributed by atoms with van der Waals surface area (Å²) in [4.78, 5) is 15.8. The second-order valence-electron chi connectivity index (χ2n) is 6.47. The Labute approximate surface area is 158 Å². The van der Waals surface area contributed by atoms with Gasteiger partial charge in [-0.15, -0.1) is 11.3 Å². The predicted molar refractivity (Wildman–Crippen MR) is 104 cm³/mol. The standard InChI is InChI=1S/C20H26N2O3S/c1-3-16-13-22(12-15-11-17(24-2)6-7-19(15)25-16)14-20(23)21-9-8-18-5-4-10-26-18/h4-7,10-11,16H,3,8-9,12-14H2,1-2H3,(H,21,23). The number of hydrogen-bond donors (Lipinski definition) is 1. The Balaban J connectivity index is 1.59. The molecule has 26 heavy (non-hydrogen) atoms. The van der Waals surface area contributed by atoms with Crippen LogP contribution in [0.3, 0.4) is 0 Å². The highest BCUT2D eigenvalue weighted by Crippen LogP contribution is 2.29. The van der Waals surface area contributed by atoms with Gasteiger partial charge in [0.25, 0.3) is 0 Å². The quantitative estimate of drug-likeness (QED) is 0.809. The van der Waals surface area contributed by atoms with Crippen LogP contribution in [0.4, 0.5) is 0 Å². The molecular weight excluding hydrogens is 348 g/mol. The van der Waals surface area contributed by atoms with Crippen molar-refractivity contribution in [2.75, 3.05) is 26.7 Å². The third-order valence-electron chi connectivity index (χ3n) is 4.51. The number of nitrogens with one attached hydrogen (secondary N) is 1. The Morgan fingerprint density at radius 2 is 2.31 bits per heavy atom. The highest BCUT2D eigenvalue weighted by Gasteiger charge is 2.23. The third kappa shape index (κ3) is 4.99. The van der Waals surface area contributed by atoms with Crippen molar-refractivity contribution in [3.63, 3.8) is 0 Å². The number of methoxy groups -OCH3 is 1. The second-order valence-corrected chi connectivity index (χ2v) is 7.50. The van der Waals surface area contributed by atoms with Crippen molar-refractivity contribution in [3.05, 3.63) is 46.2 Å². The van der Waals surface area contributed by atoms with E-state index in [9.17, 15) is 4.79 Å². The van der Waals surface area contributed by atoms with Crippen LogP contribution in [0.2, 0.25) is 0 Å². The number of hydrogen-bond acceptors (Lipinski definition) is 5. The van der Waals surface area contributed by atoms with Gasteiger partial charge in [-0.05, 0) is 42.5 Å². The first-order valence-electron chi connectivity index (χ1n) is 9.03. The minimum Gasteiger partial charge on any atom is -0.497 e. The van der Waals surface area contributed by atoms with E-state index in [1.807, 2.05) is 24.3 Å². The van der Waals surface area contributed by atoms with Crippen LogP contribution in [0.5, 0.6) is 11.5 Å². The molecule has 0 radical (unpaired) electrons. The van der Waals surface area contributed by atoms with Crippen LogP contribution in [0, 0.1) is 0 Å². The summed E-state index contributed by atoms with van der Waals surface area (Å²) in [5.74, 6) is 1.75. The van der Waals surface area contributed by atoms with Crippen molar-refractivity contribution in [1.82, 2.24) is 10.2 Å². The highest BCUT2D eigenvalue weighted by atomic mass is 32.1. The molecule has 0 bridgehead atoms. The van der Waals surface area contributed by atoms with Crippen LogP contribution in [0.15, 0.2) is 35.7 Å². The fourth-order valence-electron chi connectivity index (χ4n) is 3.10.